The SMILES string of the molecule is O=C(O)CO/N=C(\C(=O)N[C@H]1CC=C[C@H](CC(=O)O)OB1O)c1cccs1. The molecular weight excluding hydrogens is 379 g/mol. The van der Waals surface area contributed by atoms with Crippen molar-refractivity contribution in [2.45, 2.75) is 24.9 Å². The molecule has 1 aliphatic rings. The highest BCUT2D eigenvalue weighted by Gasteiger charge is 2.33. The number of carbonyl (C=O) groups excluding carboxylic acids is 1. The zero-order valence-electron chi connectivity index (χ0n) is 14.0. The van der Waals surface area contributed by atoms with Gasteiger partial charge in [0.1, 0.15) is 0 Å². The summed E-state index contributed by atoms with van der Waals surface area (Å²) in [4.78, 5) is 39.0. The number of hydrogen-bond donors (Lipinski definition) is 4. The summed E-state index contributed by atoms with van der Waals surface area (Å²) in [5.74, 6) is -3.87. The van der Waals surface area contributed by atoms with E-state index in [1.165, 1.54) is 17.4 Å². The molecule has 2 heterocycles. The lowest BCUT2D eigenvalue weighted by Crippen LogP contribution is -2.50. The van der Waals surface area contributed by atoms with Gasteiger partial charge in [0, 0.05) is 0 Å². The quantitative estimate of drug-likeness (QED) is 0.205. The molecule has 4 N–H and O–H groups in total. The van der Waals surface area contributed by atoms with Crippen LogP contribution in [-0.2, 0) is 23.9 Å². The number of rotatable bonds is 8. The van der Waals surface area contributed by atoms with Crippen molar-refractivity contribution in [3.8, 4) is 0 Å². The molecule has 1 aliphatic heterocycles. The number of oxime groups is 1. The standard InChI is InChI=1S/C15H17BN2O8S/c19-12(20)7-9-3-1-5-11(16(24)26-9)17-15(23)14(10-4-2-6-27-10)18-25-8-13(21)22/h1-4,6,9,11,24H,5,7-8H2,(H,17,23)(H,19,20)(H,21,22)/b18-14-/t9-,11+/m1/s1. The fraction of sp³-hybridized carbons (Fsp3) is 0.333. The maximum absolute atomic E-state index is 12.6. The Bertz CT molecular complexity index is 736. The van der Waals surface area contributed by atoms with Gasteiger partial charge in [0.05, 0.1) is 23.3 Å². The molecule has 0 aliphatic carbocycles. The number of carboxylic acid groups (broad SMARTS) is 2. The van der Waals surface area contributed by atoms with Gasteiger partial charge in [-0.1, -0.05) is 23.4 Å². The monoisotopic (exact) mass is 396 g/mol. The molecule has 0 fully saturated rings. The van der Waals surface area contributed by atoms with Gasteiger partial charge < -0.3 is 30.0 Å². The molecule has 0 saturated carbocycles. The van der Waals surface area contributed by atoms with E-state index in [1.54, 1.807) is 23.6 Å². The molecule has 12 heteroatoms. The fourth-order valence-electron chi connectivity index (χ4n) is 2.23. The first-order valence-electron chi connectivity index (χ1n) is 7.85. The Morgan fingerprint density at radius 2 is 2.15 bits per heavy atom. The highest BCUT2D eigenvalue weighted by molar-refractivity contribution is 7.13. The summed E-state index contributed by atoms with van der Waals surface area (Å²) in [5.41, 5.74) is -0.145. The molecule has 10 nitrogen and oxygen atoms in total. The molecule has 0 saturated heterocycles. The van der Waals surface area contributed by atoms with E-state index in [0.29, 0.717) is 4.88 Å². The molecule has 27 heavy (non-hydrogen) atoms. The highest BCUT2D eigenvalue weighted by Crippen LogP contribution is 2.14. The average molecular weight is 396 g/mol. The van der Waals surface area contributed by atoms with E-state index < -0.39 is 43.6 Å². The van der Waals surface area contributed by atoms with E-state index in [4.69, 9.17) is 14.9 Å². The number of nitrogens with zero attached hydrogens (tertiary/aromatic N) is 1. The molecule has 2 rings (SSSR count). The second-order valence-electron chi connectivity index (χ2n) is 5.49. The third-order valence-corrected chi connectivity index (χ3v) is 4.28. The van der Waals surface area contributed by atoms with Gasteiger partial charge in [-0.3, -0.25) is 9.59 Å². The Balaban J connectivity index is 2.07. The topological polar surface area (TPSA) is 155 Å². The van der Waals surface area contributed by atoms with Crippen LogP contribution in [0.1, 0.15) is 17.7 Å². The van der Waals surface area contributed by atoms with Crippen molar-refractivity contribution in [2.24, 2.45) is 5.16 Å². The van der Waals surface area contributed by atoms with Gasteiger partial charge in [-0.25, -0.2) is 4.79 Å². The summed E-state index contributed by atoms with van der Waals surface area (Å²) in [6.07, 6.45) is 2.19. The van der Waals surface area contributed by atoms with E-state index in [2.05, 4.69) is 15.3 Å². The predicted molar refractivity (Wildman–Crippen MR) is 95.2 cm³/mol. The zero-order valence-corrected chi connectivity index (χ0v) is 14.8. The molecule has 1 amide bonds. The first-order chi connectivity index (χ1) is 12.9. The second kappa shape index (κ2) is 9.85. The number of nitrogens with one attached hydrogen (secondary N) is 1. The molecule has 2 atom stereocenters. The van der Waals surface area contributed by atoms with Crippen LogP contribution in [0.3, 0.4) is 0 Å². The summed E-state index contributed by atoms with van der Waals surface area (Å²) < 4.78 is 5.25. The Hall–Kier alpha value is -2.70. The van der Waals surface area contributed by atoms with Crippen LogP contribution in [0.5, 0.6) is 0 Å². The largest absolute Gasteiger partial charge is 0.481 e. The summed E-state index contributed by atoms with van der Waals surface area (Å²) in [7, 11) is -1.43. The van der Waals surface area contributed by atoms with Crippen molar-refractivity contribution in [3.05, 3.63) is 34.5 Å². The van der Waals surface area contributed by atoms with Crippen LogP contribution in [0, 0.1) is 0 Å². The lowest BCUT2D eigenvalue weighted by Gasteiger charge is -2.20. The van der Waals surface area contributed by atoms with Crippen molar-refractivity contribution < 1.29 is 39.1 Å². The van der Waals surface area contributed by atoms with Crippen LogP contribution in [0.2, 0.25) is 0 Å². The van der Waals surface area contributed by atoms with Crippen molar-refractivity contribution in [1.82, 2.24) is 5.32 Å². The molecule has 0 unspecified atom stereocenters. The van der Waals surface area contributed by atoms with Crippen molar-refractivity contribution in [2.75, 3.05) is 6.61 Å². The van der Waals surface area contributed by atoms with E-state index in [1.807, 2.05) is 0 Å². The Morgan fingerprint density at radius 1 is 1.37 bits per heavy atom. The second-order valence-corrected chi connectivity index (χ2v) is 6.44. The van der Waals surface area contributed by atoms with Crippen LogP contribution in [-0.4, -0.2) is 64.6 Å². The number of thiophene rings is 1. The maximum atomic E-state index is 12.6. The third kappa shape index (κ3) is 6.51. The van der Waals surface area contributed by atoms with E-state index in [-0.39, 0.29) is 18.6 Å². The average Bonchev–Trinajstić information content (AvgIpc) is 3.05. The summed E-state index contributed by atoms with van der Waals surface area (Å²) >= 11 is 1.20. The van der Waals surface area contributed by atoms with Gasteiger partial charge in [-0.2, -0.15) is 0 Å². The molecule has 1 aromatic heterocycles. The lowest BCUT2D eigenvalue weighted by molar-refractivity contribution is -0.142. The summed E-state index contributed by atoms with van der Waals surface area (Å²) in [5, 5.41) is 35.4. The van der Waals surface area contributed by atoms with Crippen LogP contribution in [0.15, 0.2) is 34.8 Å². The van der Waals surface area contributed by atoms with Gasteiger partial charge in [-0.05, 0) is 17.9 Å². The Kier molecular flexibility index (Phi) is 7.52. The summed E-state index contributed by atoms with van der Waals surface area (Å²) in [6, 6.07) is 3.29. The Labute approximate surface area is 158 Å². The minimum absolute atomic E-state index is 0.145. The minimum Gasteiger partial charge on any atom is -0.481 e. The van der Waals surface area contributed by atoms with Crippen LogP contribution < -0.4 is 5.32 Å². The number of aliphatic carboxylic acids is 2. The van der Waals surface area contributed by atoms with Crippen molar-refractivity contribution >= 4 is 42.0 Å². The predicted octanol–water partition coefficient (Wildman–Crippen LogP) is -0.122. The lowest BCUT2D eigenvalue weighted by atomic mass is 9.77. The fourth-order valence-corrected chi connectivity index (χ4v) is 2.93. The zero-order chi connectivity index (χ0) is 19.8. The van der Waals surface area contributed by atoms with Crippen LogP contribution in [0.25, 0.3) is 0 Å². The molecule has 0 radical (unpaired) electrons. The number of carbonyl (C=O) groups is 3. The smallest absolute Gasteiger partial charge is 0.478 e. The molecule has 0 aromatic carbocycles. The minimum atomic E-state index is -1.43. The number of carboxylic acids is 2. The molecule has 144 valence electrons. The van der Waals surface area contributed by atoms with E-state index >= 15 is 0 Å². The number of amides is 1. The van der Waals surface area contributed by atoms with Gasteiger partial charge in [0.15, 0.2) is 5.71 Å². The number of hydrogen-bond acceptors (Lipinski definition) is 8. The van der Waals surface area contributed by atoms with E-state index in [9.17, 15) is 19.4 Å². The van der Waals surface area contributed by atoms with Crippen LogP contribution in [0.4, 0.5) is 0 Å². The van der Waals surface area contributed by atoms with Gasteiger partial charge in [-0.15, -0.1) is 11.3 Å². The van der Waals surface area contributed by atoms with Gasteiger partial charge in [0.2, 0.25) is 6.61 Å². The maximum Gasteiger partial charge on any atom is 0.478 e. The first-order valence-corrected chi connectivity index (χ1v) is 8.73. The van der Waals surface area contributed by atoms with E-state index in [0.717, 1.165) is 0 Å². The van der Waals surface area contributed by atoms with Crippen molar-refractivity contribution in [3.63, 3.8) is 0 Å². The third-order valence-electron chi connectivity index (χ3n) is 3.40. The highest BCUT2D eigenvalue weighted by atomic mass is 32.1. The molecular formula is C15H17BN2O8S. The van der Waals surface area contributed by atoms with Gasteiger partial charge in [0.25, 0.3) is 5.91 Å². The normalized spacial score (nSPS) is 20.0. The van der Waals surface area contributed by atoms with Crippen LogP contribution >= 0.6 is 11.3 Å². The Morgan fingerprint density at radius 3 is 2.78 bits per heavy atom. The van der Waals surface area contributed by atoms with Crippen molar-refractivity contribution in [1.29, 1.82) is 0 Å². The first kappa shape index (κ1) is 20.6. The molecule has 1 aromatic rings. The van der Waals surface area contributed by atoms with Gasteiger partial charge >= 0.3 is 19.1 Å². The molecule has 0 bridgehead atoms. The molecule has 0 spiro atoms. The summed E-state index contributed by atoms with van der Waals surface area (Å²) in [6.45, 7) is -0.711.